The van der Waals surface area contributed by atoms with Crippen LogP contribution in [0.15, 0.2) is 0 Å². The van der Waals surface area contributed by atoms with Gasteiger partial charge >= 0.3 is 0 Å². The van der Waals surface area contributed by atoms with Gasteiger partial charge in [-0.15, -0.1) is 0 Å². The highest BCUT2D eigenvalue weighted by molar-refractivity contribution is 4.83. The summed E-state index contributed by atoms with van der Waals surface area (Å²) in [7, 11) is 0. The first-order valence-electron chi connectivity index (χ1n) is 5.83. The van der Waals surface area contributed by atoms with Gasteiger partial charge in [-0.3, -0.25) is 0 Å². The molecule has 0 spiro atoms. The van der Waals surface area contributed by atoms with Crippen molar-refractivity contribution in [2.75, 3.05) is 13.1 Å². The summed E-state index contributed by atoms with van der Waals surface area (Å²) >= 11 is 0. The number of nitrogens with one attached hydrogen (secondary N) is 1. The van der Waals surface area contributed by atoms with Gasteiger partial charge in [0, 0.05) is 6.04 Å². The largest absolute Gasteiger partial charge is 0.330 e. The summed E-state index contributed by atoms with van der Waals surface area (Å²) in [5.74, 6) is 1.69. The standard InChI is InChI=1S/C11H22N2/c12-7-9-3-1-4-10(9)8-13-11-5-2-6-11/h9-11,13H,1-8,12H2. The fourth-order valence-electron chi connectivity index (χ4n) is 2.62. The minimum absolute atomic E-state index is 0.813. The Balaban J connectivity index is 1.67. The van der Waals surface area contributed by atoms with Gasteiger partial charge in [0.05, 0.1) is 0 Å². The monoisotopic (exact) mass is 182 g/mol. The highest BCUT2D eigenvalue weighted by Crippen LogP contribution is 2.30. The minimum Gasteiger partial charge on any atom is -0.330 e. The van der Waals surface area contributed by atoms with E-state index in [2.05, 4.69) is 5.32 Å². The summed E-state index contributed by atoms with van der Waals surface area (Å²) in [6, 6.07) is 0.846. The van der Waals surface area contributed by atoms with Crippen LogP contribution in [-0.4, -0.2) is 19.1 Å². The highest BCUT2D eigenvalue weighted by Gasteiger charge is 2.27. The maximum Gasteiger partial charge on any atom is 0.00672 e. The van der Waals surface area contributed by atoms with Crippen molar-refractivity contribution in [3.63, 3.8) is 0 Å². The second-order valence-electron chi connectivity index (χ2n) is 4.72. The van der Waals surface area contributed by atoms with Gasteiger partial charge in [-0.1, -0.05) is 12.8 Å². The topological polar surface area (TPSA) is 38.0 Å². The maximum absolute atomic E-state index is 5.75. The van der Waals surface area contributed by atoms with E-state index < -0.39 is 0 Å². The molecule has 0 radical (unpaired) electrons. The Morgan fingerprint density at radius 2 is 1.69 bits per heavy atom. The predicted molar refractivity (Wildman–Crippen MR) is 55.5 cm³/mol. The third-order valence-corrected chi connectivity index (χ3v) is 3.89. The molecule has 2 aliphatic rings. The molecular formula is C11H22N2. The molecule has 2 fully saturated rings. The lowest BCUT2D eigenvalue weighted by Crippen LogP contribution is -2.39. The van der Waals surface area contributed by atoms with Crippen LogP contribution in [0.4, 0.5) is 0 Å². The Hall–Kier alpha value is -0.0800. The molecular weight excluding hydrogens is 160 g/mol. The van der Waals surface area contributed by atoms with Crippen molar-refractivity contribution in [2.45, 2.75) is 44.6 Å². The van der Waals surface area contributed by atoms with Crippen molar-refractivity contribution in [3.8, 4) is 0 Å². The molecule has 0 amide bonds. The van der Waals surface area contributed by atoms with Crippen LogP contribution in [0.2, 0.25) is 0 Å². The smallest absolute Gasteiger partial charge is 0.00672 e. The Morgan fingerprint density at radius 3 is 2.31 bits per heavy atom. The molecule has 0 heterocycles. The molecule has 0 aromatic heterocycles. The molecule has 13 heavy (non-hydrogen) atoms. The van der Waals surface area contributed by atoms with Crippen LogP contribution in [0, 0.1) is 11.8 Å². The van der Waals surface area contributed by atoms with E-state index in [0.29, 0.717) is 0 Å². The maximum atomic E-state index is 5.75. The molecule has 0 aromatic rings. The van der Waals surface area contributed by atoms with Crippen molar-refractivity contribution in [3.05, 3.63) is 0 Å². The van der Waals surface area contributed by atoms with Gasteiger partial charge in [-0.25, -0.2) is 0 Å². The summed E-state index contributed by atoms with van der Waals surface area (Å²) in [6.07, 6.45) is 8.41. The SMILES string of the molecule is NCC1CCCC1CNC1CCC1. The zero-order valence-electron chi connectivity index (χ0n) is 8.47. The molecule has 2 aliphatic carbocycles. The van der Waals surface area contributed by atoms with E-state index in [9.17, 15) is 0 Å². The summed E-state index contributed by atoms with van der Waals surface area (Å²) in [4.78, 5) is 0. The first-order valence-corrected chi connectivity index (χ1v) is 5.83. The molecule has 0 aliphatic heterocycles. The Bertz CT molecular complexity index is 154. The van der Waals surface area contributed by atoms with Crippen molar-refractivity contribution >= 4 is 0 Å². The first-order chi connectivity index (χ1) is 6.40. The van der Waals surface area contributed by atoms with Crippen molar-refractivity contribution in [1.29, 1.82) is 0 Å². The molecule has 2 atom stereocenters. The number of rotatable bonds is 4. The summed E-state index contributed by atoms with van der Waals surface area (Å²) < 4.78 is 0. The van der Waals surface area contributed by atoms with Crippen LogP contribution in [0.5, 0.6) is 0 Å². The van der Waals surface area contributed by atoms with Crippen molar-refractivity contribution in [1.82, 2.24) is 5.32 Å². The number of hydrogen-bond acceptors (Lipinski definition) is 2. The highest BCUT2D eigenvalue weighted by atomic mass is 14.9. The van der Waals surface area contributed by atoms with Gasteiger partial charge in [-0.05, 0) is 50.6 Å². The van der Waals surface area contributed by atoms with E-state index in [4.69, 9.17) is 5.73 Å². The molecule has 0 bridgehead atoms. The molecule has 3 N–H and O–H groups in total. The van der Waals surface area contributed by atoms with Gasteiger partial charge in [0.1, 0.15) is 0 Å². The Labute approximate surface area is 81.3 Å². The molecule has 2 rings (SSSR count). The van der Waals surface area contributed by atoms with E-state index in [-0.39, 0.29) is 0 Å². The average Bonchev–Trinajstić information content (AvgIpc) is 2.49. The molecule has 2 heteroatoms. The van der Waals surface area contributed by atoms with Crippen LogP contribution < -0.4 is 11.1 Å². The van der Waals surface area contributed by atoms with Crippen molar-refractivity contribution < 1.29 is 0 Å². The van der Waals surface area contributed by atoms with E-state index >= 15 is 0 Å². The number of nitrogens with two attached hydrogens (primary N) is 1. The fourth-order valence-corrected chi connectivity index (χ4v) is 2.62. The quantitative estimate of drug-likeness (QED) is 0.691. The summed E-state index contributed by atoms with van der Waals surface area (Å²) in [5, 5.41) is 3.67. The molecule has 2 unspecified atom stereocenters. The molecule has 2 nitrogen and oxygen atoms in total. The van der Waals surface area contributed by atoms with Crippen molar-refractivity contribution in [2.24, 2.45) is 17.6 Å². The lowest BCUT2D eigenvalue weighted by atomic mass is 9.91. The fraction of sp³-hybridized carbons (Fsp3) is 1.00. The van der Waals surface area contributed by atoms with Crippen LogP contribution >= 0.6 is 0 Å². The van der Waals surface area contributed by atoms with E-state index in [1.165, 1.54) is 45.1 Å². The van der Waals surface area contributed by atoms with Gasteiger partial charge in [0.25, 0.3) is 0 Å². The predicted octanol–water partition coefficient (Wildman–Crippen LogP) is 1.50. The van der Waals surface area contributed by atoms with E-state index in [0.717, 1.165) is 24.4 Å². The Kier molecular flexibility index (Phi) is 3.23. The molecule has 0 aromatic carbocycles. The minimum atomic E-state index is 0.813. The zero-order chi connectivity index (χ0) is 9.10. The molecule has 76 valence electrons. The van der Waals surface area contributed by atoms with E-state index in [1.807, 2.05) is 0 Å². The van der Waals surface area contributed by atoms with Crippen LogP contribution in [-0.2, 0) is 0 Å². The number of hydrogen-bond donors (Lipinski definition) is 2. The molecule has 2 saturated carbocycles. The van der Waals surface area contributed by atoms with E-state index in [1.54, 1.807) is 0 Å². The summed E-state index contributed by atoms with van der Waals surface area (Å²) in [6.45, 7) is 2.13. The van der Waals surface area contributed by atoms with Crippen LogP contribution in [0.1, 0.15) is 38.5 Å². The zero-order valence-corrected chi connectivity index (χ0v) is 8.47. The normalized spacial score (nSPS) is 34.8. The third kappa shape index (κ3) is 2.23. The average molecular weight is 182 g/mol. The third-order valence-electron chi connectivity index (χ3n) is 3.89. The Morgan fingerprint density at radius 1 is 1.00 bits per heavy atom. The lowest BCUT2D eigenvalue weighted by Gasteiger charge is -2.29. The second kappa shape index (κ2) is 4.43. The van der Waals surface area contributed by atoms with Crippen LogP contribution in [0.25, 0.3) is 0 Å². The lowest BCUT2D eigenvalue weighted by molar-refractivity contribution is 0.292. The van der Waals surface area contributed by atoms with Gasteiger partial charge in [0.15, 0.2) is 0 Å². The summed E-state index contributed by atoms with van der Waals surface area (Å²) in [5.41, 5.74) is 5.75. The van der Waals surface area contributed by atoms with Gasteiger partial charge < -0.3 is 11.1 Å². The van der Waals surface area contributed by atoms with Gasteiger partial charge in [0.2, 0.25) is 0 Å². The van der Waals surface area contributed by atoms with Gasteiger partial charge in [-0.2, -0.15) is 0 Å². The first kappa shape index (κ1) is 9.47. The van der Waals surface area contributed by atoms with Crippen LogP contribution in [0.3, 0.4) is 0 Å². The molecule has 0 saturated heterocycles. The second-order valence-corrected chi connectivity index (χ2v) is 4.72.